The summed E-state index contributed by atoms with van der Waals surface area (Å²) in [5, 5.41) is 0.914. The van der Waals surface area contributed by atoms with Gasteiger partial charge < -0.3 is 14.2 Å². The largest absolute Gasteiger partial charge is 0.489 e. The van der Waals surface area contributed by atoms with Gasteiger partial charge in [0.25, 0.3) is 0 Å². The summed E-state index contributed by atoms with van der Waals surface area (Å²) in [5.74, 6) is 1.40. The van der Waals surface area contributed by atoms with Gasteiger partial charge in [-0.15, -0.1) is 0 Å². The van der Waals surface area contributed by atoms with Gasteiger partial charge in [0.2, 0.25) is 0 Å². The minimum Gasteiger partial charge on any atom is -0.489 e. The number of rotatable bonds is 6. The number of hydrogen-bond acceptors (Lipinski definition) is 6. The normalized spacial score (nSPS) is 16.9. The Kier molecular flexibility index (Phi) is 4.73. The van der Waals surface area contributed by atoms with Crippen molar-refractivity contribution < 1.29 is 19.0 Å². The van der Waals surface area contributed by atoms with Crippen molar-refractivity contribution in [2.45, 2.75) is 12.7 Å². The number of methoxy groups -OCH3 is 1. The Morgan fingerprint density at radius 1 is 1.27 bits per heavy atom. The molecule has 1 amide bonds. The number of ether oxygens (including phenoxy) is 3. The summed E-state index contributed by atoms with van der Waals surface area (Å²) in [6.45, 7) is 1.33. The van der Waals surface area contributed by atoms with Gasteiger partial charge in [0.15, 0.2) is 5.82 Å². The third kappa shape index (κ3) is 3.36. The van der Waals surface area contributed by atoms with Crippen LogP contribution in [0.5, 0.6) is 5.75 Å². The number of fused-ring (bicyclic) bond motifs is 1. The van der Waals surface area contributed by atoms with Gasteiger partial charge in [0, 0.05) is 12.5 Å². The lowest BCUT2D eigenvalue weighted by atomic mass is 10.2. The quantitative estimate of drug-likeness (QED) is 0.660. The predicted molar refractivity (Wildman–Crippen MR) is 99.9 cm³/mol. The van der Waals surface area contributed by atoms with Gasteiger partial charge in [-0.2, -0.15) is 4.37 Å². The molecule has 134 valence electrons. The minimum atomic E-state index is -0.386. The number of hydrogen-bond donors (Lipinski definition) is 0. The second kappa shape index (κ2) is 7.31. The van der Waals surface area contributed by atoms with Crippen LogP contribution in [0.3, 0.4) is 0 Å². The van der Waals surface area contributed by atoms with Crippen molar-refractivity contribution in [3.63, 3.8) is 0 Å². The van der Waals surface area contributed by atoms with E-state index in [0.29, 0.717) is 25.6 Å². The Morgan fingerprint density at radius 2 is 2.12 bits per heavy atom. The minimum absolute atomic E-state index is 0.266. The first kappa shape index (κ1) is 16.8. The highest BCUT2D eigenvalue weighted by molar-refractivity contribution is 7.13. The summed E-state index contributed by atoms with van der Waals surface area (Å²) in [6.07, 6.45) is -0.651. The standard InChI is InChI=1S/C19H18N2O4S/c1-23-12-15-10-21(19(22)25-15)18-16-8-7-14(9-17(16)26-20-18)24-11-13-5-3-2-4-6-13/h2-9,15H,10-12H2,1H3. The van der Waals surface area contributed by atoms with Crippen molar-refractivity contribution in [1.82, 2.24) is 4.37 Å². The molecule has 3 aromatic rings. The average Bonchev–Trinajstić information content (AvgIpc) is 3.23. The highest BCUT2D eigenvalue weighted by Gasteiger charge is 2.34. The van der Waals surface area contributed by atoms with E-state index in [2.05, 4.69) is 4.37 Å². The molecule has 1 saturated heterocycles. The van der Waals surface area contributed by atoms with Crippen molar-refractivity contribution in [2.24, 2.45) is 0 Å². The Balaban J connectivity index is 1.51. The SMILES string of the molecule is COCC1CN(c2nsc3cc(OCc4ccccc4)ccc23)C(=O)O1. The number of amides is 1. The monoisotopic (exact) mass is 370 g/mol. The zero-order chi connectivity index (χ0) is 17.9. The number of carbonyl (C=O) groups is 1. The van der Waals surface area contributed by atoms with E-state index < -0.39 is 0 Å². The van der Waals surface area contributed by atoms with Crippen LogP contribution >= 0.6 is 11.5 Å². The van der Waals surface area contributed by atoms with Crippen molar-refractivity contribution in [3.8, 4) is 5.75 Å². The Bertz CT molecular complexity index is 912. The number of benzene rings is 2. The molecule has 7 heteroatoms. The fraction of sp³-hybridized carbons (Fsp3) is 0.263. The third-order valence-electron chi connectivity index (χ3n) is 4.16. The zero-order valence-electron chi connectivity index (χ0n) is 14.3. The maximum absolute atomic E-state index is 12.1. The van der Waals surface area contributed by atoms with Gasteiger partial charge >= 0.3 is 6.09 Å². The lowest BCUT2D eigenvalue weighted by molar-refractivity contribution is 0.0718. The molecule has 0 radical (unpaired) electrons. The Morgan fingerprint density at radius 3 is 2.92 bits per heavy atom. The highest BCUT2D eigenvalue weighted by Crippen LogP contribution is 2.34. The van der Waals surface area contributed by atoms with Crippen molar-refractivity contribution in [3.05, 3.63) is 54.1 Å². The molecule has 4 rings (SSSR count). The second-order valence-electron chi connectivity index (χ2n) is 6.01. The van der Waals surface area contributed by atoms with E-state index in [0.717, 1.165) is 21.4 Å². The van der Waals surface area contributed by atoms with Gasteiger partial charge in [-0.3, -0.25) is 4.90 Å². The second-order valence-corrected chi connectivity index (χ2v) is 6.82. The summed E-state index contributed by atoms with van der Waals surface area (Å²) in [4.78, 5) is 13.7. The molecule has 0 saturated carbocycles. The van der Waals surface area contributed by atoms with Gasteiger partial charge in [-0.1, -0.05) is 30.3 Å². The first-order valence-corrected chi connectivity index (χ1v) is 9.05. The van der Waals surface area contributed by atoms with E-state index in [9.17, 15) is 4.79 Å². The van der Waals surface area contributed by atoms with Crippen LogP contribution in [0.2, 0.25) is 0 Å². The van der Waals surface area contributed by atoms with Gasteiger partial charge in [0.05, 0.1) is 17.9 Å². The number of anilines is 1. The lowest BCUT2D eigenvalue weighted by Crippen LogP contribution is -2.26. The molecule has 1 aliphatic rings. The maximum atomic E-state index is 12.1. The molecular formula is C19H18N2O4S. The predicted octanol–water partition coefficient (Wildman–Crippen LogP) is 3.85. The lowest BCUT2D eigenvalue weighted by Gasteiger charge is -2.10. The molecule has 0 spiro atoms. The molecule has 0 aliphatic carbocycles. The molecule has 1 aromatic heterocycles. The van der Waals surface area contributed by atoms with Crippen LogP contribution in [0.15, 0.2) is 48.5 Å². The van der Waals surface area contributed by atoms with E-state index >= 15 is 0 Å². The summed E-state index contributed by atoms with van der Waals surface area (Å²) < 4.78 is 21.6. The number of nitrogens with zero attached hydrogens (tertiary/aromatic N) is 2. The molecule has 0 bridgehead atoms. The van der Waals surface area contributed by atoms with E-state index in [-0.39, 0.29) is 12.2 Å². The molecule has 6 nitrogen and oxygen atoms in total. The molecule has 1 atom stereocenters. The topological polar surface area (TPSA) is 60.9 Å². The van der Waals surface area contributed by atoms with Crippen LogP contribution in [0.25, 0.3) is 10.1 Å². The summed E-state index contributed by atoms with van der Waals surface area (Å²) in [7, 11) is 1.59. The van der Waals surface area contributed by atoms with Crippen LogP contribution in [-0.2, 0) is 16.1 Å². The van der Waals surface area contributed by atoms with Crippen molar-refractivity contribution in [2.75, 3.05) is 25.2 Å². The Labute approximate surface area is 155 Å². The van der Waals surface area contributed by atoms with Gasteiger partial charge in [-0.25, -0.2) is 4.79 Å². The smallest absolute Gasteiger partial charge is 0.416 e. The van der Waals surface area contributed by atoms with Crippen LogP contribution in [-0.4, -0.2) is 36.8 Å². The summed E-state index contributed by atoms with van der Waals surface area (Å²) >= 11 is 1.34. The molecule has 1 aliphatic heterocycles. The Hall–Kier alpha value is -2.64. The number of aromatic nitrogens is 1. The van der Waals surface area contributed by atoms with E-state index in [1.54, 1.807) is 12.0 Å². The first-order valence-electron chi connectivity index (χ1n) is 8.28. The van der Waals surface area contributed by atoms with Crippen LogP contribution in [0, 0.1) is 0 Å². The number of cyclic esters (lactones) is 1. The highest BCUT2D eigenvalue weighted by atomic mass is 32.1. The van der Waals surface area contributed by atoms with E-state index in [1.165, 1.54) is 11.5 Å². The van der Waals surface area contributed by atoms with Crippen molar-refractivity contribution in [1.29, 1.82) is 0 Å². The molecule has 1 unspecified atom stereocenters. The molecule has 0 N–H and O–H groups in total. The van der Waals surface area contributed by atoms with Crippen LogP contribution in [0.4, 0.5) is 10.6 Å². The van der Waals surface area contributed by atoms with Crippen LogP contribution < -0.4 is 9.64 Å². The summed E-state index contributed by atoms with van der Waals surface area (Å²) in [5.41, 5.74) is 1.11. The third-order valence-corrected chi connectivity index (χ3v) is 4.95. The average molecular weight is 370 g/mol. The molecular weight excluding hydrogens is 352 g/mol. The fourth-order valence-electron chi connectivity index (χ4n) is 2.90. The van der Waals surface area contributed by atoms with Gasteiger partial charge in [-0.05, 0) is 35.3 Å². The molecule has 2 heterocycles. The summed E-state index contributed by atoms with van der Waals surface area (Å²) in [6, 6.07) is 15.8. The van der Waals surface area contributed by atoms with E-state index in [1.807, 2.05) is 48.5 Å². The first-order chi connectivity index (χ1) is 12.7. The van der Waals surface area contributed by atoms with E-state index in [4.69, 9.17) is 14.2 Å². The van der Waals surface area contributed by atoms with Gasteiger partial charge in [0.1, 0.15) is 18.5 Å². The fourth-order valence-corrected chi connectivity index (χ4v) is 3.71. The zero-order valence-corrected chi connectivity index (χ0v) is 15.1. The molecule has 26 heavy (non-hydrogen) atoms. The molecule has 1 fully saturated rings. The van der Waals surface area contributed by atoms with Crippen LogP contribution in [0.1, 0.15) is 5.56 Å². The van der Waals surface area contributed by atoms with Crippen molar-refractivity contribution >= 4 is 33.5 Å². The maximum Gasteiger partial charge on any atom is 0.416 e. The molecule has 2 aromatic carbocycles. The number of carbonyl (C=O) groups excluding carboxylic acids is 1.